The van der Waals surface area contributed by atoms with Crippen LogP contribution in [-0.2, 0) is 19.5 Å². The molecule has 0 saturated carbocycles. The summed E-state index contributed by atoms with van der Waals surface area (Å²) in [6, 6.07) is 1.94. The smallest absolute Gasteiger partial charge is 0.287 e. The number of pyridine rings is 1. The van der Waals surface area contributed by atoms with Crippen molar-refractivity contribution in [2.45, 2.75) is 39.3 Å². The Balaban J connectivity index is 1.71. The first-order valence-corrected chi connectivity index (χ1v) is 6.98. The molecule has 0 radical (unpaired) electrons. The Bertz CT molecular complexity index is 633. The maximum absolute atomic E-state index is 12.2. The van der Waals surface area contributed by atoms with E-state index in [0.29, 0.717) is 12.4 Å². The third-order valence-corrected chi connectivity index (χ3v) is 3.79. The van der Waals surface area contributed by atoms with Crippen LogP contribution in [0.15, 0.2) is 24.7 Å². The minimum absolute atomic E-state index is 0.110. The van der Waals surface area contributed by atoms with E-state index in [-0.39, 0.29) is 5.91 Å². The highest BCUT2D eigenvalue weighted by Crippen LogP contribution is 2.16. The molecule has 0 spiro atoms. The summed E-state index contributed by atoms with van der Waals surface area (Å²) in [5, 5.41) is 2.93. The number of nitrogens with zero attached hydrogens (tertiary/aromatic N) is 3. The van der Waals surface area contributed by atoms with Crippen molar-refractivity contribution in [2.24, 2.45) is 0 Å². The van der Waals surface area contributed by atoms with Gasteiger partial charge in [-0.3, -0.25) is 9.78 Å². The van der Waals surface area contributed by atoms with E-state index in [1.807, 2.05) is 23.8 Å². The van der Waals surface area contributed by atoms with Crippen molar-refractivity contribution in [2.75, 3.05) is 0 Å². The van der Waals surface area contributed by atoms with Crippen LogP contribution < -0.4 is 5.32 Å². The normalized spacial score (nSPS) is 13.8. The van der Waals surface area contributed by atoms with Gasteiger partial charge in [-0.2, -0.15) is 0 Å². The Labute approximate surface area is 118 Å². The molecule has 0 aromatic carbocycles. The van der Waals surface area contributed by atoms with Crippen molar-refractivity contribution in [1.82, 2.24) is 19.9 Å². The molecule has 0 unspecified atom stereocenters. The Morgan fingerprint density at radius 1 is 1.40 bits per heavy atom. The third kappa shape index (κ3) is 2.43. The molecule has 104 valence electrons. The molecule has 1 N–H and O–H groups in total. The maximum atomic E-state index is 12.2. The molecule has 5 heteroatoms. The van der Waals surface area contributed by atoms with Gasteiger partial charge in [-0.15, -0.1) is 0 Å². The number of imidazole rings is 1. The summed E-state index contributed by atoms with van der Waals surface area (Å²) in [5.74, 6) is 0.419. The van der Waals surface area contributed by atoms with Crippen LogP contribution in [-0.4, -0.2) is 20.4 Å². The lowest BCUT2D eigenvalue weighted by Gasteiger charge is -2.16. The van der Waals surface area contributed by atoms with Crippen LogP contribution in [0.1, 0.15) is 40.3 Å². The standard InChI is InChI=1S/C15H18N4O/c1-11-5-6-16-8-12(11)9-18-15(20)14-17-10-13-4-2-3-7-19(13)14/h5-6,8,10H,2-4,7,9H2,1H3,(H,18,20). The van der Waals surface area contributed by atoms with Crippen LogP contribution in [0.3, 0.4) is 0 Å². The van der Waals surface area contributed by atoms with E-state index >= 15 is 0 Å². The maximum Gasteiger partial charge on any atom is 0.287 e. The van der Waals surface area contributed by atoms with Crippen LogP contribution in [0.2, 0.25) is 0 Å². The van der Waals surface area contributed by atoms with E-state index in [4.69, 9.17) is 0 Å². The van der Waals surface area contributed by atoms with Crippen molar-refractivity contribution in [3.8, 4) is 0 Å². The first-order valence-electron chi connectivity index (χ1n) is 6.98. The van der Waals surface area contributed by atoms with E-state index in [1.54, 1.807) is 12.4 Å². The zero-order valence-corrected chi connectivity index (χ0v) is 11.6. The van der Waals surface area contributed by atoms with Crippen molar-refractivity contribution in [3.05, 3.63) is 47.3 Å². The number of aromatic nitrogens is 3. The van der Waals surface area contributed by atoms with Gasteiger partial charge in [0.15, 0.2) is 5.82 Å². The lowest BCUT2D eigenvalue weighted by Crippen LogP contribution is -2.28. The Hall–Kier alpha value is -2.17. The van der Waals surface area contributed by atoms with Gasteiger partial charge in [0.25, 0.3) is 5.91 Å². The predicted octanol–water partition coefficient (Wildman–Crippen LogP) is 1.85. The second kappa shape index (κ2) is 5.45. The monoisotopic (exact) mass is 270 g/mol. The van der Waals surface area contributed by atoms with E-state index in [2.05, 4.69) is 15.3 Å². The summed E-state index contributed by atoms with van der Waals surface area (Å²) in [4.78, 5) is 20.6. The van der Waals surface area contributed by atoms with Crippen LogP contribution in [0.4, 0.5) is 0 Å². The summed E-state index contributed by atoms with van der Waals surface area (Å²) in [6.45, 7) is 3.39. The predicted molar refractivity (Wildman–Crippen MR) is 75.3 cm³/mol. The molecule has 1 amide bonds. The van der Waals surface area contributed by atoms with Gasteiger partial charge >= 0.3 is 0 Å². The highest BCUT2D eigenvalue weighted by molar-refractivity contribution is 5.90. The minimum atomic E-state index is -0.110. The number of amides is 1. The van der Waals surface area contributed by atoms with E-state index in [1.165, 1.54) is 12.1 Å². The zero-order chi connectivity index (χ0) is 13.9. The molecule has 3 heterocycles. The molecule has 0 atom stereocenters. The summed E-state index contributed by atoms with van der Waals surface area (Å²) in [5.41, 5.74) is 3.33. The van der Waals surface area contributed by atoms with Crippen molar-refractivity contribution in [3.63, 3.8) is 0 Å². The van der Waals surface area contributed by atoms with E-state index in [9.17, 15) is 4.79 Å². The van der Waals surface area contributed by atoms with Gasteiger partial charge in [-0.05, 0) is 43.4 Å². The number of nitrogens with one attached hydrogen (secondary N) is 1. The second-order valence-corrected chi connectivity index (χ2v) is 5.17. The number of hydrogen-bond acceptors (Lipinski definition) is 3. The fourth-order valence-electron chi connectivity index (χ4n) is 2.55. The van der Waals surface area contributed by atoms with Gasteiger partial charge < -0.3 is 9.88 Å². The van der Waals surface area contributed by atoms with Gasteiger partial charge in [0.1, 0.15) is 0 Å². The summed E-state index contributed by atoms with van der Waals surface area (Å²) in [6.07, 6.45) is 8.68. The van der Waals surface area contributed by atoms with Crippen molar-refractivity contribution < 1.29 is 4.79 Å². The average Bonchev–Trinajstić information content (AvgIpc) is 2.90. The molecule has 20 heavy (non-hydrogen) atoms. The van der Waals surface area contributed by atoms with Gasteiger partial charge in [-0.25, -0.2) is 4.98 Å². The summed E-state index contributed by atoms with van der Waals surface area (Å²) in [7, 11) is 0. The lowest BCUT2D eigenvalue weighted by atomic mass is 10.1. The summed E-state index contributed by atoms with van der Waals surface area (Å²) >= 11 is 0. The minimum Gasteiger partial charge on any atom is -0.345 e. The fourth-order valence-corrected chi connectivity index (χ4v) is 2.55. The van der Waals surface area contributed by atoms with Crippen molar-refractivity contribution >= 4 is 5.91 Å². The Morgan fingerprint density at radius 3 is 3.15 bits per heavy atom. The van der Waals surface area contributed by atoms with Crippen LogP contribution in [0, 0.1) is 6.92 Å². The number of aryl methyl sites for hydroxylation is 2. The topological polar surface area (TPSA) is 59.8 Å². The van der Waals surface area contributed by atoms with Crippen LogP contribution in [0.5, 0.6) is 0 Å². The number of rotatable bonds is 3. The van der Waals surface area contributed by atoms with E-state index in [0.717, 1.165) is 30.5 Å². The van der Waals surface area contributed by atoms with Crippen LogP contribution >= 0.6 is 0 Å². The SMILES string of the molecule is Cc1ccncc1CNC(=O)c1ncc2n1CCCC2. The summed E-state index contributed by atoms with van der Waals surface area (Å²) < 4.78 is 2.04. The Kier molecular flexibility index (Phi) is 3.50. The van der Waals surface area contributed by atoms with Gasteiger partial charge in [0.05, 0.1) is 0 Å². The number of fused-ring (bicyclic) bond motifs is 1. The molecule has 2 aromatic rings. The second-order valence-electron chi connectivity index (χ2n) is 5.17. The molecule has 1 aliphatic heterocycles. The van der Waals surface area contributed by atoms with Gasteiger partial charge in [0, 0.05) is 37.4 Å². The van der Waals surface area contributed by atoms with Gasteiger partial charge in [-0.1, -0.05) is 0 Å². The first-order chi connectivity index (χ1) is 9.75. The molecule has 1 aliphatic rings. The highest BCUT2D eigenvalue weighted by atomic mass is 16.2. The lowest BCUT2D eigenvalue weighted by molar-refractivity contribution is 0.0935. The number of hydrogen-bond donors (Lipinski definition) is 1. The van der Waals surface area contributed by atoms with E-state index < -0.39 is 0 Å². The highest BCUT2D eigenvalue weighted by Gasteiger charge is 2.19. The Morgan fingerprint density at radius 2 is 2.30 bits per heavy atom. The number of carbonyl (C=O) groups is 1. The quantitative estimate of drug-likeness (QED) is 0.926. The average molecular weight is 270 g/mol. The fraction of sp³-hybridized carbons (Fsp3) is 0.400. The third-order valence-electron chi connectivity index (χ3n) is 3.79. The molecule has 0 aliphatic carbocycles. The zero-order valence-electron chi connectivity index (χ0n) is 11.6. The largest absolute Gasteiger partial charge is 0.345 e. The first kappa shape index (κ1) is 12.8. The molecule has 0 bridgehead atoms. The number of carbonyl (C=O) groups excluding carboxylic acids is 1. The van der Waals surface area contributed by atoms with Gasteiger partial charge in [0.2, 0.25) is 0 Å². The van der Waals surface area contributed by atoms with Crippen molar-refractivity contribution in [1.29, 1.82) is 0 Å². The molecule has 3 rings (SSSR count). The molecular weight excluding hydrogens is 252 g/mol. The molecule has 0 fully saturated rings. The molecular formula is C15H18N4O. The molecule has 2 aromatic heterocycles. The molecule has 0 saturated heterocycles. The molecule has 5 nitrogen and oxygen atoms in total. The van der Waals surface area contributed by atoms with Crippen LogP contribution in [0.25, 0.3) is 0 Å².